The smallest absolute Gasteiger partial charge is 0.404 e. The summed E-state index contributed by atoms with van der Waals surface area (Å²) in [5.74, 6) is 0.358. The number of carbonyl (C=O) groups excluding carboxylic acids is 2. The number of rotatable bonds is 7. The van der Waals surface area contributed by atoms with Crippen molar-refractivity contribution >= 4 is 19.1 Å². The molecule has 5 fully saturated rings. The van der Waals surface area contributed by atoms with E-state index in [9.17, 15) is 9.59 Å². The first-order valence-electron chi connectivity index (χ1n) is 13.9. The number of likely N-dealkylation sites (tertiary alicyclic amines) is 1. The largest absolute Gasteiger partial charge is 0.482 e. The summed E-state index contributed by atoms with van der Waals surface area (Å²) in [6.45, 7) is 11.3. The number of nitriles is 1. The molecule has 2 aliphatic heterocycles. The molecule has 8 nitrogen and oxygen atoms in total. The van der Waals surface area contributed by atoms with Crippen LogP contribution in [0.25, 0.3) is 0 Å². The average Bonchev–Trinajstić information content (AvgIpc) is 3.28. The lowest BCUT2D eigenvalue weighted by Gasteiger charge is -2.64. The Morgan fingerprint density at radius 1 is 1.24 bits per heavy atom. The number of nitrogens with zero attached hydrogens (tertiary/aromatic N) is 2. The maximum absolute atomic E-state index is 13.2. The predicted molar refractivity (Wildman–Crippen MR) is 145 cm³/mol. The lowest BCUT2D eigenvalue weighted by Crippen LogP contribution is -2.65. The highest BCUT2D eigenvalue weighted by atomic mass is 16.7. The third kappa shape index (κ3) is 4.85. The number of benzene rings is 1. The van der Waals surface area contributed by atoms with Crippen LogP contribution in [-0.2, 0) is 20.5 Å². The van der Waals surface area contributed by atoms with Crippen LogP contribution in [0, 0.1) is 28.6 Å². The van der Waals surface area contributed by atoms with Crippen LogP contribution in [0.3, 0.4) is 0 Å². The quantitative estimate of drug-likeness (QED) is 0.326. The van der Waals surface area contributed by atoms with Crippen LogP contribution in [0.4, 0.5) is 4.79 Å². The lowest BCUT2D eigenvalue weighted by molar-refractivity contribution is -0.199. The molecule has 1 aromatic carbocycles. The van der Waals surface area contributed by atoms with E-state index >= 15 is 0 Å². The van der Waals surface area contributed by atoms with E-state index in [1.54, 1.807) is 4.90 Å². The average molecular weight is 518 g/mol. The Kier molecular flexibility index (Phi) is 7.32. The van der Waals surface area contributed by atoms with Crippen molar-refractivity contribution in [1.29, 1.82) is 5.26 Å². The van der Waals surface area contributed by atoms with Gasteiger partial charge in [-0.25, -0.2) is 4.79 Å². The molecule has 0 unspecified atom stereocenters. The van der Waals surface area contributed by atoms with Crippen molar-refractivity contribution in [2.24, 2.45) is 17.3 Å². The summed E-state index contributed by atoms with van der Waals surface area (Å²) in [7, 11) is -0.544. The SMILES string of the molecule is C=C(C#N)C(=O)N1CCCC[C@H]1CNC(=O)N[C@@H](Cc1ccccc1)B1O[C@@H]2C[C@@H]3C[C@@H](C3(C)C)[C@]2(C)O1. The molecule has 0 spiro atoms. The molecule has 2 saturated heterocycles. The molecular weight excluding hydrogens is 479 g/mol. The number of hydrogen-bond acceptors (Lipinski definition) is 5. The molecule has 3 aliphatic carbocycles. The van der Waals surface area contributed by atoms with Gasteiger partial charge in [0.1, 0.15) is 11.6 Å². The summed E-state index contributed by atoms with van der Waals surface area (Å²) < 4.78 is 13.2. The van der Waals surface area contributed by atoms with Gasteiger partial charge in [-0.1, -0.05) is 50.8 Å². The first kappa shape index (κ1) is 26.8. The van der Waals surface area contributed by atoms with E-state index in [2.05, 4.69) is 38.0 Å². The zero-order valence-electron chi connectivity index (χ0n) is 22.7. The minimum atomic E-state index is -0.544. The number of carbonyl (C=O) groups is 2. The van der Waals surface area contributed by atoms with Crippen LogP contribution in [0.1, 0.15) is 58.4 Å². The van der Waals surface area contributed by atoms with Gasteiger partial charge in [-0.15, -0.1) is 0 Å². The molecule has 5 aliphatic rings. The summed E-state index contributed by atoms with van der Waals surface area (Å²) in [4.78, 5) is 27.4. The number of amides is 3. The van der Waals surface area contributed by atoms with Crippen LogP contribution >= 0.6 is 0 Å². The van der Waals surface area contributed by atoms with Crippen molar-refractivity contribution in [3.8, 4) is 6.07 Å². The van der Waals surface area contributed by atoms with Crippen molar-refractivity contribution in [3.05, 3.63) is 48.0 Å². The lowest BCUT2D eigenvalue weighted by atomic mass is 9.43. The Balaban J connectivity index is 1.26. The van der Waals surface area contributed by atoms with Gasteiger partial charge in [-0.3, -0.25) is 4.79 Å². The fraction of sp³-hybridized carbons (Fsp3) is 0.621. The monoisotopic (exact) mass is 518 g/mol. The molecule has 0 radical (unpaired) electrons. The number of nitrogens with one attached hydrogen (secondary N) is 2. The minimum Gasteiger partial charge on any atom is -0.404 e. The standard InChI is InChI=1S/C29H39BN4O4/c1-19(17-31)26(35)34-13-9-8-12-22(34)18-32-27(36)33-25(14-20-10-6-5-7-11-20)30-37-24-16-21-15-23(28(21,2)3)29(24,4)38-30/h5-7,10-11,21-25H,1,8-9,12-16,18H2,2-4H3,(H2,32,33,36)/t21-,22-,23-,24+,25-,29-/m0/s1. The maximum atomic E-state index is 13.2. The molecule has 1 aromatic rings. The number of piperidine rings is 1. The highest BCUT2D eigenvalue weighted by Crippen LogP contribution is 2.65. The summed E-state index contributed by atoms with van der Waals surface area (Å²) in [6.07, 6.45) is 5.38. The molecule has 2 heterocycles. The second kappa shape index (κ2) is 10.4. The minimum absolute atomic E-state index is 0.0300. The molecule has 6 rings (SSSR count). The van der Waals surface area contributed by atoms with Crippen molar-refractivity contribution in [1.82, 2.24) is 15.5 Å². The van der Waals surface area contributed by atoms with Crippen LogP contribution in [-0.4, -0.2) is 60.7 Å². The van der Waals surface area contributed by atoms with E-state index in [0.717, 1.165) is 31.2 Å². The Morgan fingerprint density at radius 2 is 2.00 bits per heavy atom. The highest BCUT2D eigenvalue weighted by Gasteiger charge is 2.68. The van der Waals surface area contributed by atoms with E-state index < -0.39 is 7.12 Å². The second-order valence-electron chi connectivity index (χ2n) is 12.2. The van der Waals surface area contributed by atoms with Gasteiger partial charge < -0.3 is 24.8 Å². The third-order valence-corrected chi connectivity index (χ3v) is 9.69. The van der Waals surface area contributed by atoms with Crippen LogP contribution < -0.4 is 10.6 Å². The van der Waals surface area contributed by atoms with Gasteiger partial charge in [0, 0.05) is 19.1 Å². The van der Waals surface area contributed by atoms with Crippen LogP contribution in [0.5, 0.6) is 0 Å². The third-order valence-electron chi connectivity index (χ3n) is 9.69. The summed E-state index contributed by atoms with van der Waals surface area (Å²) in [5, 5.41) is 15.2. The normalized spacial score (nSPS) is 31.8. The van der Waals surface area contributed by atoms with E-state index in [4.69, 9.17) is 14.6 Å². The first-order chi connectivity index (χ1) is 18.1. The molecule has 38 heavy (non-hydrogen) atoms. The van der Waals surface area contributed by atoms with Crippen molar-refractivity contribution in [2.75, 3.05) is 13.1 Å². The fourth-order valence-corrected chi connectivity index (χ4v) is 7.29. The van der Waals surface area contributed by atoms with Crippen molar-refractivity contribution in [3.63, 3.8) is 0 Å². The van der Waals surface area contributed by atoms with Crippen LogP contribution in [0.15, 0.2) is 42.5 Å². The maximum Gasteiger partial charge on any atom is 0.482 e. The van der Waals surface area contributed by atoms with Gasteiger partial charge in [0.05, 0.1) is 17.6 Å². The highest BCUT2D eigenvalue weighted by molar-refractivity contribution is 6.48. The zero-order chi connectivity index (χ0) is 27.1. The van der Waals surface area contributed by atoms with E-state index in [0.29, 0.717) is 31.3 Å². The van der Waals surface area contributed by atoms with Gasteiger partial charge in [-0.05, 0) is 68.3 Å². The fourth-order valence-electron chi connectivity index (χ4n) is 7.29. The Labute approximate surface area is 226 Å². The second-order valence-corrected chi connectivity index (χ2v) is 12.2. The van der Waals surface area contributed by atoms with Gasteiger partial charge in [-0.2, -0.15) is 5.26 Å². The summed E-state index contributed by atoms with van der Waals surface area (Å²) in [6, 6.07) is 11.4. The topological polar surface area (TPSA) is 104 Å². The van der Waals surface area contributed by atoms with Gasteiger partial charge in [0.15, 0.2) is 0 Å². The Hall–Kier alpha value is -2.83. The molecule has 6 atom stereocenters. The van der Waals surface area contributed by atoms with E-state index in [1.807, 2.05) is 36.4 Å². The Bertz CT molecular complexity index is 1120. The summed E-state index contributed by atoms with van der Waals surface area (Å²) >= 11 is 0. The molecule has 2 N–H and O–H groups in total. The number of urea groups is 1. The van der Waals surface area contributed by atoms with Crippen molar-refractivity contribution in [2.45, 2.75) is 83.0 Å². The molecular formula is C29H39BN4O4. The Morgan fingerprint density at radius 3 is 2.71 bits per heavy atom. The number of hydrogen-bond donors (Lipinski definition) is 2. The van der Waals surface area contributed by atoms with E-state index in [1.165, 1.54) is 6.42 Å². The molecule has 0 aromatic heterocycles. The summed E-state index contributed by atoms with van der Waals surface area (Å²) in [5.41, 5.74) is 0.899. The zero-order valence-corrected chi connectivity index (χ0v) is 22.7. The molecule has 3 saturated carbocycles. The molecule has 202 valence electrons. The first-order valence-corrected chi connectivity index (χ1v) is 13.9. The van der Waals surface area contributed by atoms with Gasteiger partial charge >= 0.3 is 13.1 Å². The molecule has 3 amide bonds. The predicted octanol–water partition coefficient (Wildman–Crippen LogP) is 3.63. The van der Waals surface area contributed by atoms with Gasteiger partial charge in [0.25, 0.3) is 5.91 Å². The van der Waals surface area contributed by atoms with Gasteiger partial charge in [0.2, 0.25) is 0 Å². The van der Waals surface area contributed by atoms with Crippen molar-refractivity contribution < 1.29 is 18.9 Å². The molecule has 9 heteroatoms. The van der Waals surface area contributed by atoms with Crippen LogP contribution in [0.2, 0.25) is 0 Å². The van der Waals surface area contributed by atoms with E-state index in [-0.39, 0.29) is 46.6 Å². The molecule has 2 bridgehead atoms.